The number of hydrogen-bond donors (Lipinski definition) is 0. The van der Waals surface area contributed by atoms with Crippen LogP contribution in [0.5, 0.6) is 0 Å². The molecule has 0 fully saturated rings. The Bertz CT molecular complexity index is 142. The van der Waals surface area contributed by atoms with Crippen LogP contribution in [0.25, 0.3) is 0 Å². The largest absolute Gasteiger partial charge is 0.463 e. The van der Waals surface area contributed by atoms with Gasteiger partial charge in [0.05, 0.1) is 13.7 Å². The molecule has 4 heteroatoms. The molecule has 0 aromatic rings. The number of carbonyl (C=O) groups excluding carboxylic acids is 2. The molecule has 0 rings (SSSR count). The molecule has 0 heterocycles. The van der Waals surface area contributed by atoms with E-state index >= 15 is 0 Å². The second kappa shape index (κ2) is 4.00. The summed E-state index contributed by atoms with van der Waals surface area (Å²) in [5.74, 6) is -1.30. The molecule has 0 aliphatic rings. The lowest BCUT2D eigenvalue weighted by molar-refractivity contribution is -0.151. The summed E-state index contributed by atoms with van der Waals surface area (Å²) < 4.78 is 4.20. The van der Waals surface area contributed by atoms with E-state index in [-0.39, 0.29) is 6.54 Å². The molecule has 0 N–H and O–H groups in total. The molecule has 0 unspecified atom stereocenters. The van der Waals surface area contributed by atoms with Crippen LogP contribution >= 0.6 is 0 Å². The van der Waals surface area contributed by atoms with Crippen LogP contribution in [0, 0.1) is 0 Å². The van der Waals surface area contributed by atoms with Gasteiger partial charge in [-0.1, -0.05) is 0 Å². The van der Waals surface area contributed by atoms with Gasteiger partial charge in [-0.15, -0.1) is 0 Å². The van der Waals surface area contributed by atoms with Crippen molar-refractivity contribution in [3.8, 4) is 0 Å². The zero-order valence-electron chi connectivity index (χ0n) is 6.38. The van der Waals surface area contributed by atoms with Gasteiger partial charge in [0.25, 0.3) is 5.78 Å². The third-order valence-corrected chi connectivity index (χ3v) is 0.873. The lowest BCUT2D eigenvalue weighted by Gasteiger charge is -2.05. The van der Waals surface area contributed by atoms with E-state index in [0.29, 0.717) is 0 Å². The van der Waals surface area contributed by atoms with Gasteiger partial charge in [-0.05, 0) is 14.1 Å². The van der Waals surface area contributed by atoms with E-state index in [1.807, 2.05) is 0 Å². The summed E-state index contributed by atoms with van der Waals surface area (Å²) in [4.78, 5) is 22.7. The molecule has 0 saturated carbocycles. The number of nitrogens with zero attached hydrogens (tertiary/aromatic N) is 1. The molecule has 10 heavy (non-hydrogen) atoms. The molecule has 0 aliphatic heterocycles. The first kappa shape index (κ1) is 9.10. The van der Waals surface area contributed by atoms with Crippen molar-refractivity contribution < 1.29 is 14.3 Å². The number of ketones is 1. The smallest absolute Gasteiger partial charge is 0.375 e. The molecule has 0 saturated heterocycles. The van der Waals surface area contributed by atoms with Crippen LogP contribution in [0.15, 0.2) is 0 Å². The van der Waals surface area contributed by atoms with Gasteiger partial charge in [0.15, 0.2) is 0 Å². The summed E-state index contributed by atoms with van der Waals surface area (Å²) in [6.45, 7) is 0.104. The Hall–Kier alpha value is -0.900. The van der Waals surface area contributed by atoms with Gasteiger partial charge in [0.2, 0.25) is 0 Å². The topological polar surface area (TPSA) is 46.6 Å². The molecular weight excluding hydrogens is 134 g/mol. The summed E-state index contributed by atoms with van der Waals surface area (Å²) in [5.41, 5.74) is 0. The van der Waals surface area contributed by atoms with Crippen LogP contribution in [-0.2, 0) is 14.3 Å². The van der Waals surface area contributed by atoms with Gasteiger partial charge in [-0.3, -0.25) is 4.79 Å². The van der Waals surface area contributed by atoms with Gasteiger partial charge in [-0.2, -0.15) is 0 Å². The van der Waals surface area contributed by atoms with Crippen LogP contribution in [0.2, 0.25) is 0 Å². The fourth-order valence-electron chi connectivity index (χ4n) is 0.466. The Morgan fingerprint density at radius 1 is 1.40 bits per heavy atom. The number of hydrogen-bond acceptors (Lipinski definition) is 4. The number of Topliss-reactive ketones (excluding diaryl/α,β-unsaturated/α-hetero) is 1. The molecule has 0 atom stereocenters. The van der Waals surface area contributed by atoms with Gasteiger partial charge < -0.3 is 9.64 Å². The van der Waals surface area contributed by atoms with Crippen molar-refractivity contribution in [3.63, 3.8) is 0 Å². The van der Waals surface area contributed by atoms with E-state index < -0.39 is 11.8 Å². The highest BCUT2D eigenvalue weighted by Crippen LogP contribution is 1.80. The number of ether oxygens (including phenoxy) is 1. The number of rotatable bonds is 3. The van der Waals surface area contributed by atoms with Crippen molar-refractivity contribution in [1.29, 1.82) is 0 Å². The highest BCUT2D eigenvalue weighted by Gasteiger charge is 2.13. The SMILES string of the molecule is COC(=O)C(=O)CN(C)C. The first-order valence-electron chi connectivity index (χ1n) is 2.83. The first-order chi connectivity index (χ1) is 4.57. The minimum atomic E-state index is -0.784. The van der Waals surface area contributed by atoms with Gasteiger partial charge in [0, 0.05) is 0 Å². The van der Waals surface area contributed by atoms with Crippen LogP contribution < -0.4 is 0 Å². The molecular formula is C6H11NO3. The van der Waals surface area contributed by atoms with Crippen LogP contribution in [0.4, 0.5) is 0 Å². The lowest BCUT2D eigenvalue weighted by Crippen LogP contribution is -2.28. The number of likely N-dealkylation sites (N-methyl/N-ethyl adjacent to an activating group) is 1. The molecule has 0 aromatic carbocycles. The van der Waals surface area contributed by atoms with E-state index in [2.05, 4.69) is 4.74 Å². The maximum atomic E-state index is 10.7. The van der Waals surface area contributed by atoms with E-state index in [0.717, 1.165) is 0 Å². The standard InChI is InChI=1S/C6H11NO3/c1-7(2)4-5(8)6(9)10-3/h4H2,1-3H3. The maximum absolute atomic E-state index is 10.7. The molecule has 0 radical (unpaired) electrons. The Morgan fingerprint density at radius 3 is 2.20 bits per heavy atom. The Kier molecular flexibility index (Phi) is 3.64. The summed E-state index contributed by atoms with van der Waals surface area (Å²) in [7, 11) is 4.61. The summed E-state index contributed by atoms with van der Waals surface area (Å²) >= 11 is 0. The highest BCUT2D eigenvalue weighted by atomic mass is 16.5. The maximum Gasteiger partial charge on any atom is 0.375 e. The third kappa shape index (κ3) is 3.19. The van der Waals surface area contributed by atoms with Crippen molar-refractivity contribution in [3.05, 3.63) is 0 Å². The van der Waals surface area contributed by atoms with E-state index in [1.54, 1.807) is 19.0 Å². The molecule has 0 amide bonds. The fourth-order valence-corrected chi connectivity index (χ4v) is 0.466. The number of carbonyl (C=O) groups is 2. The second-order valence-corrected chi connectivity index (χ2v) is 2.15. The first-order valence-corrected chi connectivity index (χ1v) is 2.83. The van der Waals surface area contributed by atoms with Gasteiger partial charge in [-0.25, -0.2) is 4.79 Å². The summed E-state index contributed by atoms with van der Waals surface area (Å²) in [6.07, 6.45) is 0. The zero-order valence-corrected chi connectivity index (χ0v) is 6.38. The molecule has 0 bridgehead atoms. The van der Waals surface area contributed by atoms with Crippen LogP contribution in [0.3, 0.4) is 0 Å². The lowest BCUT2D eigenvalue weighted by atomic mass is 10.4. The van der Waals surface area contributed by atoms with Crippen LogP contribution in [-0.4, -0.2) is 44.4 Å². The van der Waals surface area contributed by atoms with Crippen molar-refractivity contribution in [2.24, 2.45) is 0 Å². The quantitative estimate of drug-likeness (QED) is 0.389. The molecule has 0 aliphatic carbocycles. The average Bonchev–Trinajstić information content (AvgIpc) is 1.85. The number of esters is 1. The molecule has 4 nitrogen and oxygen atoms in total. The molecule has 58 valence electrons. The van der Waals surface area contributed by atoms with Crippen molar-refractivity contribution in [2.75, 3.05) is 27.7 Å². The Balaban J connectivity index is 3.74. The average molecular weight is 145 g/mol. The highest BCUT2D eigenvalue weighted by molar-refractivity contribution is 6.34. The zero-order chi connectivity index (χ0) is 8.15. The Labute approximate surface area is 59.8 Å². The fraction of sp³-hybridized carbons (Fsp3) is 0.667. The monoisotopic (exact) mass is 145 g/mol. The summed E-state index contributed by atoms with van der Waals surface area (Å²) in [6, 6.07) is 0. The van der Waals surface area contributed by atoms with Crippen molar-refractivity contribution in [1.82, 2.24) is 4.90 Å². The minimum absolute atomic E-state index is 0.104. The van der Waals surface area contributed by atoms with E-state index in [4.69, 9.17) is 0 Å². The van der Waals surface area contributed by atoms with E-state index in [1.165, 1.54) is 7.11 Å². The predicted molar refractivity (Wildman–Crippen MR) is 35.6 cm³/mol. The normalized spacial score (nSPS) is 9.60. The number of methoxy groups -OCH3 is 1. The summed E-state index contributed by atoms with van der Waals surface area (Å²) in [5, 5.41) is 0. The molecule has 0 aromatic heterocycles. The van der Waals surface area contributed by atoms with Crippen LogP contribution in [0.1, 0.15) is 0 Å². The van der Waals surface area contributed by atoms with Crippen molar-refractivity contribution in [2.45, 2.75) is 0 Å². The van der Waals surface area contributed by atoms with Gasteiger partial charge in [0.1, 0.15) is 0 Å². The van der Waals surface area contributed by atoms with Crippen molar-refractivity contribution >= 4 is 11.8 Å². The minimum Gasteiger partial charge on any atom is -0.463 e. The predicted octanol–water partition coefficient (Wildman–Crippen LogP) is -0.710. The Morgan fingerprint density at radius 2 is 1.90 bits per heavy atom. The molecule has 0 spiro atoms. The van der Waals surface area contributed by atoms with Gasteiger partial charge >= 0.3 is 5.97 Å². The third-order valence-electron chi connectivity index (χ3n) is 0.873. The second-order valence-electron chi connectivity index (χ2n) is 2.15. The van der Waals surface area contributed by atoms with E-state index in [9.17, 15) is 9.59 Å².